The molecule has 2 heterocycles. The van der Waals surface area contributed by atoms with E-state index < -0.39 is 0 Å². The Balaban J connectivity index is 1.61. The molecule has 0 bridgehead atoms. The van der Waals surface area contributed by atoms with Gasteiger partial charge in [-0.25, -0.2) is 0 Å². The number of hydrogen-bond donors (Lipinski definition) is 1. The molecule has 2 saturated carbocycles. The van der Waals surface area contributed by atoms with Gasteiger partial charge in [-0.2, -0.15) is 11.3 Å². The van der Waals surface area contributed by atoms with Crippen LogP contribution in [-0.4, -0.2) is 22.9 Å². The Morgan fingerprint density at radius 2 is 2.33 bits per heavy atom. The molecule has 1 aromatic rings. The molecule has 1 aliphatic heterocycles. The highest BCUT2D eigenvalue weighted by molar-refractivity contribution is 7.07. The SMILES string of the molecule is CC1CC1CN1C(=O)C2(CC2)NC1c1ccsc1. The molecule has 0 aromatic carbocycles. The quantitative estimate of drug-likeness (QED) is 0.907. The van der Waals surface area contributed by atoms with Gasteiger partial charge in [0.1, 0.15) is 11.7 Å². The highest BCUT2D eigenvalue weighted by Gasteiger charge is 2.60. The van der Waals surface area contributed by atoms with Crippen LogP contribution in [0, 0.1) is 11.8 Å². The smallest absolute Gasteiger partial charge is 0.244 e. The molecule has 4 rings (SSSR count). The number of thiophene rings is 1. The Kier molecular flexibility index (Phi) is 2.19. The summed E-state index contributed by atoms with van der Waals surface area (Å²) in [6, 6.07) is 2.14. The van der Waals surface area contributed by atoms with Crippen molar-refractivity contribution in [3.8, 4) is 0 Å². The monoisotopic (exact) mass is 262 g/mol. The highest BCUT2D eigenvalue weighted by Crippen LogP contribution is 2.48. The Labute approximate surface area is 111 Å². The molecule has 3 fully saturated rings. The van der Waals surface area contributed by atoms with E-state index in [2.05, 4.69) is 34.0 Å². The molecule has 96 valence electrons. The molecule has 4 heteroatoms. The lowest BCUT2D eigenvalue weighted by Gasteiger charge is -2.23. The van der Waals surface area contributed by atoms with Crippen molar-refractivity contribution in [3.63, 3.8) is 0 Å². The van der Waals surface area contributed by atoms with E-state index in [0.717, 1.165) is 31.2 Å². The number of hydrogen-bond acceptors (Lipinski definition) is 3. The van der Waals surface area contributed by atoms with Crippen molar-refractivity contribution in [2.75, 3.05) is 6.54 Å². The standard InChI is InChI=1S/C14H18N2OS/c1-9-6-11(9)7-16-12(10-2-5-18-8-10)15-14(3-4-14)13(16)17/h2,5,8-9,11-12,15H,3-4,6-7H2,1H3. The molecule has 1 N–H and O–H groups in total. The van der Waals surface area contributed by atoms with E-state index in [0.29, 0.717) is 5.91 Å². The van der Waals surface area contributed by atoms with Gasteiger partial charge in [0.05, 0.1) is 0 Å². The van der Waals surface area contributed by atoms with Crippen LogP contribution in [-0.2, 0) is 4.79 Å². The summed E-state index contributed by atoms with van der Waals surface area (Å²) in [6.45, 7) is 3.22. The summed E-state index contributed by atoms with van der Waals surface area (Å²) in [5, 5.41) is 7.83. The average molecular weight is 262 g/mol. The molecule has 1 amide bonds. The van der Waals surface area contributed by atoms with Gasteiger partial charge < -0.3 is 4.90 Å². The zero-order valence-electron chi connectivity index (χ0n) is 10.6. The first-order chi connectivity index (χ1) is 8.70. The molecule has 1 spiro atoms. The molecule has 2 aliphatic carbocycles. The third kappa shape index (κ3) is 1.55. The summed E-state index contributed by atoms with van der Waals surface area (Å²) in [4.78, 5) is 14.6. The van der Waals surface area contributed by atoms with Gasteiger partial charge in [-0.05, 0) is 53.5 Å². The van der Waals surface area contributed by atoms with Gasteiger partial charge >= 0.3 is 0 Å². The summed E-state index contributed by atoms with van der Waals surface area (Å²) in [7, 11) is 0. The lowest BCUT2D eigenvalue weighted by Crippen LogP contribution is -2.33. The number of nitrogens with one attached hydrogen (secondary N) is 1. The Morgan fingerprint density at radius 3 is 2.89 bits per heavy atom. The van der Waals surface area contributed by atoms with Crippen LogP contribution >= 0.6 is 11.3 Å². The minimum atomic E-state index is -0.190. The first-order valence-corrected chi connectivity index (χ1v) is 7.75. The maximum Gasteiger partial charge on any atom is 0.244 e. The molecular formula is C14H18N2OS. The summed E-state index contributed by atoms with van der Waals surface area (Å²) >= 11 is 1.71. The molecule has 18 heavy (non-hydrogen) atoms. The lowest BCUT2D eigenvalue weighted by atomic mass is 10.2. The van der Waals surface area contributed by atoms with Crippen LogP contribution in [0.3, 0.4) is 0 Å². The van der Waals surface area contributed by atoms with Crippen LogP contribution in [0.25, 0.3) is 0 Å². The highest BCUT2D eigenvalue weighted by atomic mass is 32.1. The van der Waals surface area contributed by atoms with E-state index in [1.54, 1.807) is 11.3 Å². The zero-order chi connectivity index (χ0) is 12.3. The minimum absolute atomic E-state index is 0.124. The second kappa shape index (κ2) is 3.58. The van der Waals surface area contributed by atoms with Gasteiger partial charge in [-0.1, -0.05) is 6.92 Å². The predicted octanol–water partition coefficient (Wildman–Crippen LogP) is 2.37. The molecular weight excluding hydrogens is 244 g/mol. The number of rotatable bonds is 3. The molecule has 3 atom stereocenters. The zero-order valence-corrected chi connectivity index (χ0v) is 11.4. The van der Waals surface area contributed by atoms with Gasteiger partial charge in [0.25, 0.3) is 0 Å². The van der Waals surface area contributed by atoms with Crippen LogP contribution in [0.1, 0.15) is 37.9 Å². The summed E-state index contributed by atoms with van der Waals surface area (Å²) in [5.41, 5.74) is 1.07. The largest absolute Gasteiger partial charge is 0.321 e. The van der Waals surface area contributed by atoms with Crippen LogP contribution in [0.5, 0.6) is 0 Å². The van der Waals surface area contributed by atoms with E-state index in [1.165, 1.54) is 12.0 Å². The van der Waals surface area contributed by atoms with Crippen molar-refractivity contribution in [2.45, 2.75) is 37.9 Å². The molecule has 3 nitrogen and oxygen atoms in total. The summed E-state index contributed by atoms with van der Waals surface area (Å²) < 4.78 is 0. The minimum Gasteiger partial charge on any atom is -0.321 e. The molecule has 3 unspecified atom stereocenters. The van der Waals surface area contributed by atoms with Crippen molar-refractivity contribution in [1.29, 1.82) is 0 Å². The van der Waals surface area contributed by atoms with Crippen LogP contribution in [0.4, 0.5) is 0 Å². The third-order valence-corrected chi connectivity index (χ3v) is 5.41. The van der Waals surface area contributed by atoms with E-state index in [1.807, 2.05) is 0 Å². The fourth-order valence-electron chi connectivity index (χ4n) is 3.06. The van der Waals surface area contributed by atoms with E-state index in [-0.39, 0.29) is 11.7 Å². The third-order valence-electron chi connectivity index (χ3n) is 4.71. The van der Waals surface area contributed by atoms with Crippen molar-refractivity contribution in [1.82, 2.24) is 10.2 Å². The van der Waals surface area contributed by atoms with Crippen molar-refractivity contribution >= 4 is 17.2 Å². The van der Waals surface area contributed by atoms with E-state index in [4.69, 9.17) is 0 Å². The fourth-order valence-corrected chi connectivity index (χ4v) is 3.74. The summed E-state index contributed by atoms with van der Waals surface area (Å²) in [6.07, 6.45) is 3.44. The maximum absolute atomic E-state index is 12.5. The van der Waals surface area contributed by atoms with Gasteiger partial charge in [0, 0.05) is 6.54 Å². The second-order valence-corrected chi connectivity index (χ2v) is 6.90. The van der Waals surface area contributed by atoms with Gasteiger partial charge in [-0.15, -0.1) is 0 Å². The molecule has 1 aromatic heterocycles. The number of nitrogens with zero attached hydrogens (tertiary/aromatic N) is 1. The Bertz CT molecular complexity index is 480. The van der Waals surface area contributed by atoms with Crippen molar-refractivity contribution in [2.24, 2.45) is 11.8 Å². The fraction of sp³-hybridized carbons (Fsp3) is 0.643. The first-order valence-electron chi connectivity index (χ1n) is 6.80. The van der Waals surface area contributed by atoms with E-state index in [9.17, 15) is 4.79 Å². The van der Waals surface area contributed by atoms with Crippen molar-refractivity contribution in [3.05, 3.63) is 22.4 Å². The molecule has 0 radical (unpaired) electrons. The first kappa shape index (κ1) is 11.0. The van der Waals surface area contributed by atoms with Crippen LogP contribution in [0.2, 0.25) is 0 Å². The lowest BCUT2D eigenvalue weighted by molar-refractivity contribution is -0.131. The summed E-state index contributed by atoms with van der Waals surface area (Å²) in [5.74, 6) is 1.88. The number of carbonyl (C=O) groups is 1. The topological polar surface area (TPSA) is 32.3 Å². The second-order valence-electron chi connectivity index (χ2n) is 6.12. The van der Waals surface area contributed by atoms with Crippen molar-refractivity contribution < 1.29 is 4.79 Å². The normalized spacial score (nSPS) is 36.4. The number of amides is 1. The number of carbonyl (C=O) groups excluding carboxylic acids is 1. The average Bonchev–Trinajstić information content (AvgIpc) is 3.17. The van der Waals surface area contributed by atoms with Crippen LogP contribution in [0.15, 0.2) is 16.8 Å². The predicted molar refractivity (Wildman–Crippen MR) is 71.1 cm³/mol. The molecule has 1 saturated heterocycles. The van der Waals surface area contributed by atoms with Gasteiger partial charge in [-0.3, -0.25) is 10.1 Å². The van der Waals surface area contributed by atoms with Gasteiger partial charge in [0.2, 0.25) is 5.91 Å². The Hall–Kier alpha value is -0.870. The Morgan fingerprint density at radius 1 is 1.56 bits per heavy atom. The van der Waals surface area contributed by atoms with Gasteiger partial charge in [0.15, 0.2) is 0 Å². The van der Waals surface area contributed by atoms with E-state index >= 15 is 0 Å². The van der Waals surface area contributed by atoms with Crippen LogP contribution < -0.4 is 5.32 Å². The molecule has 3 aliphatic rings. The maximum atomic E-state index is 12.5.